The minimum absolute atomic E-state index is 0.157. The fraction of sp³-hybridized carbons (Fsp3) is 0.688. The molecule has 1 aromatic heterocycles. The molecule has 1 amide bonds. The number of nitrogens with one attached hydrogen (secondary N) is 1. The van der Waals surface area contributed by atoms with Crippen molar-refractivity contribution in [3.05, 3.63) is 24.3 Å². The van der Waals surface area contributed by atoms with Crippen LogP contribution >= 0.6 is 0 Å². The Morgan fingerprint density at radius 2 is 2.15 bits per heavy atom. The first-order valence-electron chi connectivity index (χ1n) is 7.75. The normalized spacial score (nSPS) is 29.4. The van der Waals surface area contributed by atoms with Crippen LogP contribution in [0.5, 0.6) is 0 Å². The Kier molecular flexibility index (Phi) is 3.99. The summed E-state index contributed by atoms with van der Waals surface area (Å²) in [6, 6.07) is 0.324. The van der Waals surface area contributed by atoms with Crippen LogP contribution in [0, 0.1) is 17.8 Å². The van der Waals surface area contributed by atoms with Gasteiger partial charge in [0.05, 0.1) is 0 Å². The van der Waals surface area contributed by atoms with E-state index in [2.05, 4.69) is 22.2 Å². The summed E-state index contributed by atoms with van der Waals surface area (Å²) in [6.45, 7) is 2.18. The summed E-state index contributed by atoms with van der Waals surface area (Å²) >= 11 is 0. The van der Waals surface area contributed by atoms with E-state index in [0.717, 1.165) is 23.8 Å². The predicted molar refractivity (Wildman–Crippen MR) is 76.9 cm³/mol. The molecule has 2 bridgehead atoms. The van der Waals surface area contributed by atoms with Gasteiger partial charge in [0.1, 0.15) is 6.33 Å². The third-order valence-electron chi connectivity index (χ3n) is 5.08. The number of rotatable bonds is 5. The zero-order valence-electron chi connectivity index (χ0n) is 12.1. The highest BCUT2D eigenvalue weighted by Gasteiger charge is 2.41. The number of aromatic nitrogens is 2. The molecule has 2 aliphatic carbocycles. The standard InChI is InChI=1S/C16H23N3O/c1-11(15-7-12-2-4-14(15)6-12)19-16(20)5-3-13-8-17-10-18-9-13/h8-12,14-15H,2-7H2,1H3,(H,19,20). The van der Waals surface area contributed by atoms with Gasteiger partial charge in [0.25, 0.3) is 0 Å². The van der Waals surface area contributed by atoms with Crippen LogP contribution in [0.1, 0.15) is 44.6 Å². The van der Waals surface area contributed by atoms with E-state index in [0.29, 0.717) is 18.4 Å². The van der Waals surface area contributed by atoms with E-state index in [1.54, 1.807) is 12.4 Å². The van der Waals surface area contributed by atoms with Gasteiger partial charge in [-0.25, -0.2) is 9.97 Å². The summed E-state index contributed by atoms with van der Waals surface area (Å²) in [5.74, 6) is 2.66. The number of carbonyl (C=O) groups excluding carboxylic acids is 1. The smallest absolute Gasteiger partial charge is 0.220 e. The molecule has 3 rings (SSSR count). The van der Waals surface area contributed by atoms with Crippen LogP contribution in [0.25, 0.3) is 0 Å². The van der Waals surface area contributed by atoms with E-state index in [9.17, 15) is 4.79 Å². The lowest BCUT2D eigenvalue weighted by Gasteiger charge is -2.28. The zero-order valence-corrected chi connectivity index (χ0v) is 12.1. The van der Waals surface area contributed by atoms with Crippen molar-refractivity contribution in [2.24, 2.45) is 17.8 Å². The van der Waals surface area contributed by atoms with E-state index in [1.165, 1.54) is 32.0 Å². The summed E-state index contributed by atoms with van der Waals surface area (Å²) in [5, 5.41) is 3.20. The number of hydrogen-bond donors (Lipinski definition) is 1. The topological polar surface area (TPSA) is 54.9 Å². The highest BCUT2D eigenvalue weighted by Crippen LogP contribution is 2.49. The Bertz CT molecular complexity index is 462. The van der Waals surface area contributed by atoms with Crippen LogP contribution in [0.15, 0.2) is 18.7 Å². The van der Waals surface area contributed by atoms with Crippen molar-refractivity contribution in [3.8, 4) is 0 Å². The first-order chi connectivity index (χ1) is 9.72. The second kappa shape index (κ2) is 5.90. The van der Waals surface area contributed by atoms with Crippen LogP contribution in [-0.2, 0) is 11.2 Å². The maximum Gasteiger partial charge on any atom is 0.220 e. The monoisotopic (exact) mass is 273 g/mol. The lowest BCUT2D eigenvalue weighted by Crippen LogP contribution is -2.40. The van der Waals surface area contributed by atoms with E-state index in [-0.39, 0.29) is 5.91 Å². The Morgan fingerprint density at radius 1 is 1.35 bits per heavy atom. The van der Waals surface area contributed by atoms with Crippen LogP contribution in [0.2, 0.25) is 0 Å². The van der Waals surface area contributed by atoms with Crippen LogP contribution < -0.4 is 5.32 Å². The van der Waals surface area contributed by atoms with Gasteiger partial charge in [0.2, 0.25) is 5.91 Å². The average Bonchev–Trinajstić information content (AvgIpc) is 3.09. The fourth-order valence-corrected chi connectivity index (χ4v) is 4.06. The van der Waals surface area contributed by atoms with E-state index >= 15 is 0 Å². The molecule has 4 unspecified atom stereocenters. The molecule has 2 fully saturated rings. The summed E-state index contributed by atoms with van der Waals surface area (Å²) < 4.78 is 0. The quantitative estimate of drug-likeness (QED) is 0.896. The van der Waals surface area contributed by atoms with Gasteiger partial charge in [0.15, 0.2) is 0 Å². The Balaban J connectivity index is 1.44. The average molecular weight is 273 g/mol. The lowest BCUT2D eigenvalue weighted by atomic mass is 9.84. The molecule has 0 aliphatic heterocycles. The number of nitrogens with zero attached hydrogens (tertiary/aromatic N) is 2. The third-order valence-corrected chi connectivity index (χ3v) is 5.08. The molecule has 4 atom stereocenters. The summed E-state index contributed by atoms with van der Waals surface area (Å²) in [4.78, 5) is 20.0. The molecule has 2 aliphatic rings. The van der Waals surface area contributed by atoms with Gasteiger partial charge >= 0.3 is 0 Å². The molecule has 1 N–H and O–H groups in total. The van der Waals surface area contributed by atoms with Crippen molar-refractivity contribution >= 4 is 5.91 Å². The van der Waals surface area contributed by atoms with Gasteiger partial charge in [-0.05, 0) is 55.9 Å². The fourth-order valence-electron chi connectivity index (χ4n) is 4.06. The molecule has 1 aromatic rings. The first-order valence-corrected chi connectivity index (χ1v) is 7.75. The van der Waals surface area contributed by atoms with Gasteiger partial charge in [-0.1, -0.05) is 6.42 Å². The predicted octanol–water partition coefficient (Wildman–Crippen LogP) is 2.35. The van der Waals surface area contributed by atoms with Crippen molar-refractivity contribution in [1.82, 2.24) is 15.3 Å². The summed E-state index contributed by atoms with van der Waals surface area (Å²) in [6.07, 6.45) is 11.8. The molecule has 2 saturated carbocycles. The van der Waals surface area contributed by atoms with Crippen molar-refractivity contribution in [2.75, 3.05) is 0 Å². The van der Waals surface area contributed by atoms with Crippen molar-refractivity contribution in [2.45, 2.75) is 51.5 Å². The van der Waals surface area contributed by atoms with E-state index in [1.807, 2.05) is 0 Å². The lowest BCUT2D eigenvalue weighted by molar-refractivity contribution is -0.122. The second-order valence-corrected chi connectivity index (χ2v) is 6.44. The van der Waals surface area contributed by atoms with Gasteiger partial charge in [0, 0.05) is 24.9 Å². The minimum atomic E-state index is 0.157. The SMILES string of the molecule is CC(NC(=O)CCc1cncnc1)C1CC2CCC1C2. The molecule has 4 nitrogen and oxygen atoms in total. The number of hydrogen-bond acceptors (Lipinski definition) is 3. The Labute approximate surface area is 120 Å². The van der Waals surface area contributed by atoms with Crippen LogP contribution in [0.4, 0.5) is 0 Å². The van der Waals surface area contributed by atoms with Crippen molar-refractivity contribution in [3.63, 3.8) is 0 Å². The van der Waals surface area contributed by atoms with Crippen LogP contribution in [-0.4, -0.2) is 21.9 Å². The van der Waals surface area contributed by atoms with Crippen molar-refractivity contribution in [1.29, 1.82) is 0 Å². The molecule has 108 valence electrons. The highest BCUT2D eigenvalue weighted by atomic mass is 16.1. The van der Waals surface area contributed by atoms with Gasteiger partial charge in [-0.2, -0.15) is 0 Å². The molecular formula is C16H23N3O. The Hall–Kier alpha value is -1.45. The molecule has 1 heterocycles. The summed E-state index contributed by atoms with van der Waals surface area (Å²) in [5.41, 5.74) is 1.02. The van der Waals surface area contributed by atoms with E-state index in [4.69, 9.17) is 0 Å². The molecule has 0 spiro atoms. The number of aryl methyl sites for hydroxylation is 1. The number of carbonyl (C=O) groups is 1. The third kappa shape index (κ3) is 3.00. The van der Waals surface area contributed by atoms with Gasteiger partial charge < -0.3 is 5.32 Å². The molecular weight excluding hydrogens is 250 g/mol. The highest BCUT2D eigenvalue weighted by molar-refractivity contribution is 5.76. The Morgan fingerprint density at radius 3 is 2.80 bits per heavy atom. The molecule has 4 heteroatoms. The van der Waals surface area contributed by atoms with Crippen LogP contribution in [0.3, 0.4) is 0 Å². The second-order valence-electron chi connectivity index (χ2n) is 6.44. The number of amides is 1. The van der Waals surface area contributed by atoms with Gasteiger partial charge in [-0.3, -0.25) is 4.79 Å². The van der Waals surface area contributed by atoms with Crippen molar-refractivity contribution < 1.29 is 4.79 Å². The van der Waals surface area contributed by atoms with Gasteiger partial charge in [-0.15, -0.1) is 0 Å². The molecule has 0 saturated heterocycles. The molecule has 0 aromatic carbocycles. The first kappa shape index (κ1) is 13.5. The van der Waals surface area contributed by atoms with E-state index < -0.39 is 0 Å². The maximum atomic E-state index is 12.0. The molecule has 20 heavy (non-hydrogen) atoms. The molecule has 0 radical (unpaired) electrons. The summed E-state index contributed by atoms with van der Waals surface area (Å²) in [7, 11) is 0. The zero-order chi connectivity index (χ0) is 13.9. The number of fused-ring (bicyclic) bond motifs is 2. The minimum Gasteiger partial charge on any atom is -0.353 e. The largest absolute Gasteiger partial charge is 0.353 e. The maximum absolute atomic E-state index is 12.0.